The number of hydrogen-bond donors (Lipinski definition) is 3. The van der Waals surface area contributed by atoms with Gasteiger partial charge in [0.25, 0.3) is 0 Å². The maximum Gasteiger partial charge on any atom is 0.224 e. The Labute approximate surface area is 243 Å². The minimum absolute atomic E-state index is 0.0822. The molecule has 2 aromatic rings. The summed E-state index contributed by atoms with van der Waals surface area (Å²) >= 11 is 17.5. The van der Waals surface area contributed by atoms with Gasteiger partial charge in [-0.1, -0.05) is 11.6 Å². The average Bonchev–Trinajstić information content (AvgIpc) is 3.59. The molecule has 2 aliphatic carbocycles. The topological polar surface area (TPSA) is 153 Å². The number of piperidine rings is 2. The number of nitrogens with zero attached hydrogens (tertiary/aromatic N) is 5. The monoisotopic (exact) mass is 596 g/mol. The number of fused-ring (bicyclic) bond motifs is 2. The zero-order valence-electron chi connectivity index (χ0n) is 21.9. The Bertz CT molecular complexity index is 1190. The molecule has 2 aromatic heterocycles. The van der Waals surface area contributed by atoms with Gasteiger partial charge in [0.1, 0.15) is 11.0 Å². The summed E-state index contributed by atoms with van der Waals surface area (Å²) in [4.78, 5) is 40.7. The fraction of sp³-hybridized carbons (Fsp3) is 0.615. The summed E-state index contributed by atoms with van der Waals surface area (Å²) in [5.74, 6) is 0.528. The molecule has 0 spiro atoms. The predicted octanol–water partition coefficient (Wildman–Crippen LogP) is 3.06. The van der Waals surface area contributed by atoms with E-state index in [2.05, 4.69) is 30.2 Å². The second-order valence-electron chi connectivity index (χ2n) is 10.3. The van der Waals surface area contributed by atoms with Gasteiger partial charge in [-0.2, -0.15) is 0 Å². The minimum Gasteiger partial charge on any atom is -0.369 e. The summed E-state index contributed by atoms with van der Waals surface area (Å²) in [5, 5.41) is 4.20. The standard InChI is InChI=1S/C13H17ClN4O.C7H6Cl2N2.C6H12N2O/c14-13-16-10-5-1-4-9(10)12(17-13)18-6-2-3-8(7-18)11(15)19;8-6-4-2-1-3-5(4)10-7(9)11-6;7-6(9)5-2-1-3-8-4-5/h8H,1-7H2,(H2,15,19);1-3H2;5,8H,1-4H2,(H2,7,9)/t8-;;5-/m1.1/s1. The van der Waals surface area contributed by atoms with Crippen LogP contribution in [0, 0.1) is 11.8 Å². The van der Waals surface area contributed by atoms with Crippen molar-refractivity contribution in [2.75, 3.05) is 31.1 Å². The molecule has 212 valence electrons. The highest BCUT2D eigenvalue weighted by atomic mass is 35.5. The third kappa shape index (κ3) is 7.90. The number of carbonyl (C=O) groups excluding carboxylic acids is 2. The number of hydrogen-bond acceptors (Lipinski definition) is 8. The SMILES string of the molecule is Clc1nc(Cl)c2c(n1)CCC2.NC(=O)[C@@H]1CCCN(c2nc(Cl)nc3c2CCC3)C1.NC(=O)[C@@H]1CCCNC1. The highest BCUT2D eigenvalue weighted by Gasteiger charge is 2.29. The number of halogens is 3. The lowest BCUT2D eigenvalue weighted by molar-refractivity contribution is -0.122. The van der Waals surface area contributed by atoms with E-state index < -0.39 is 0 Å². The molecule has 0 aromatic carbocycles. The molecule has 5 N–H and O–H groups in total. The van der Waals surface area contributed by atoms with Crippen LogP contribution in [0.5, 0.6) is 0 Å². The maximum atomic E-state index is 11.4. The van der Waals surface area contributed by atoms with Crippen LogP contribution in [0.25, 0.3) is 0 Å². The van der Waals surface area contributed by atoms with Crippen molar-refractivity contribution in [2.45, 2.75) is 64.2 Å². The number of rotatable bonds is 3. The molecule has 0 saturated carbocycles. The van der Waals surface area contributed by atoms with Gasteiger partial charge in [-0.15, -0.1) is 0 Å². The van der Waals surface area contributed by atoms with Crippen LogP contribution in [0.2, 0.25) is 15.7 Å². The van der Waals surface area contributed by atoms with E-state index in [-0.39, 0.29) is 28.9 Å². The summed E-state index contributed by atoms with van der Waals surface area (Å²) < 4.78 is 0. The summed E-state index contributed by atoms with van der Waals surface area (Å²) in [5.41, 5.74) is 14.9. The van der Waals surface area contributed by atoms with Crippen molar-refractivity contribution in [3.8, 4) is 0 Å². The molecule has 13 heteroatoms. The fourth-order valence-corrected chi connectivity index (χ4v) is 6.19. The van der Waals surface area contributed by atoms with Crippen molar-refractivity contribution in [1.82, 2.24) is 25.3 Å². The zero-order valence-corrected chi connectivity index (χ0v) is 24.2. The van der Waals surface area contributed by atoms with Crippen molar-refractivity contribution < 1.29 is 9.59 Å². The summed E-state index contributed by atoms with van der Waals surface area (Å²) in [6.07, 6.45) is 10.0. The van der Waals surface area contributed by atoms with E-state index in [9.17, 15) is 9.59 Å². The van der Waals surface area contributed by atoms with Gasteiger partial charge in [0.2, 0.25) is 22.4 Å². The molecule has 0 bridgehead atoms. The zero-order chi connectivity index (χ0) is 27.9. The first kappa shape index (κ1) is 29.7. The Kier molecular flexibility index (Phi) is 10.6. The van der Waals surface area contributed by atoms with E-state index in [4.69, 9.17) is 46.3 Å². The molecular formula is C26H35Cl3N8O2. The second-order valence-corrected chi connectivity index (χ2v) is 11.3. The van der Waals surface area contributed by atoms with Crippen molar-refractivity contribution >= 4 is 52.4 Å². The van der Waals surface area contributed by atoms with Gasteiger partial charge < -0.3 is 21.7 Å². The highest BCUT2D eigenvalue weighted by molar-refractivity contribution is 6.32. The molecule has 2 atom stereocenters. The molecule has 10 nitrogen and oxygen atoms in total. The molecule has 39 heavy (non-hydrogen) atoms. The van der Waals surface area contributed by atoms with Crippen molar-refractivity contribution in [3.05, 3.63) is 38.2 Å². The number of nitrogens with one attached hydrogen (secondary N) is 1. The Morgan fingerprint density at radius 3 is 2.00 bits per heavy atom. The molecule has 6 rings (SSSR count). The van der Waals surface area contributed by atoms with Crippen LogP contribution in [-0.2, 0) is 35.3 Å². The molecule has 2 amide bonds. The van der Waals surface area contributed by atoms with Gasteiger partial charge in [0.05, 0.1) is 23.2 Å². The third-order valence-corrected chi connectivity index (χ3v) is 8.21. The molecule has 4 aliphatic rings. The highest BCUT2D eigenvalue weighted by Crippen LogP contribution is 2.32. The molecule has 0 unspecified atom stereocenters. The van der Waals surface area contributed by atoms with Crippen LogP contribution >= 0.6 is 34.8 Å². The quantitative estimate of drug-likeness (QED) is 0.360. The number of anilines is 1. The third-order valence-electron chi connectivity index (χ3n) is 7.56. The Morgan fingerprint density at radius 2 is 1.38 bits per heavy atom. The fourth-order valence-electron chi connectivity index (χ4n) is 5.50. The van der Waals surface area contributed by atoms with Gasteiger partial charge in [0, 0.05) is 30.8 Å². The largest absolute Gasteiger partial charge is 0.369 e. The molecule has 2 saturated heterocycles. The normalized spacial score (nSPS) is 21.6. The van der Waals surface area contributed by atoms with Crippen molar-refractivity contribution in [1.29, 1.82) is 0 Å². The number of amides is 2. The number of aromatic nitrogens is 4. The van der Waals surface area contributed by atoms with E-state index in [1.807, 2.05) is 0 Å². The van der Waals surface area contributed by atoms with Crippen molar-refractivity contribution in [2.24, 2.45) is 23.3 Å². The lowest BCUT2D eigenvalue weighted by Crippen LogP contribution is -2.42. The summed E-state index contributed by atoms with van der Waals surface area (Å²) in [6, 6.07) is 0. The van der Waals surface area contributed by atoms with Crippen LogP contribution in [0.15, 0.2) is 0 Å². The number of aryl methyl sites for hydroxylation is 2. The summed E-state index contributed by atoms with van der Waals surface area (Å²) in [6.45, 7) is 3.36. The minimum atomic E-state index is -0.221. The van der Waals surface area contributed by atoms with Crippen LogP contribution in [-0.4, -0.2) is 57.9 Å². The lowest BCUT2D eigenvalue weighted by atomic mass is 9.97. The number of nitrogens with two attached hydrogens (primary N) is 2. The van der Waals surface area contributed by atoms with Gasteiger partial charge in [0.15, 0.2) is 0 Å². The van der Waals surface area contributed by atoms with Crippen LogP contribution < -0.4 is 21.7 Å². The molecule has 2 aliphatic heterocycles. The van der Waals surface area contributed by atoms with Crippen LogP contribution in [0.3, 0.4) is 0 Å². The number of primary amides is 2. The van der Waals surface area contributed by atoms with E-state index >= 15 is 0 Å². The molecule has 0 radical (unpaired) electrons. The van der Waals surface area contributed by atoms with E-state index in [1.165, 1.54) is 5.56 Å². The lowest BCUT2D eigenvalue weighted by Gasteiger charge is -2.33. The first-order valence-corrected chi connectivity index (χ1v) is 14.7. The van der Waals surface area contributed by atoms with Crippen LogP contribution in [0.4, 0.5) is 5.82 Å². The van der Waals surface area contributed by atoms with Gasteiger partial charge in [-0.25, -0.2) is 19.9 Å². The maximum absolute atomic E-state index is 11.4. The van der Waals surface area contributed by atoms with E-state index in [0.717, 1.165) is 107 Å². The van der Waals surface area contributed by atoms with Gasteiger partial charge in [-0.05, 0) is 94.0 Å². The number of carbonyl (C=O) groups is 2. The Hall–Kier alpha value is -2.27. The Morgan fingerprint density at radius 1 is 0.769 bits per heavy atom. The molecular weight excluding hydrogens is 563 g/mol. The first-order chi connectivity index (χ1) is 18.7. The smallest absolute Gasteiger partial charge is 0.224 e. The molecule has 2 fully saturated rings. The van der Waals surface area contributed by atoms with E-state index in [0.29, 0.717) is 17.0 Å². The van der Waals surface area contributed by atoms with Crippen LogP contribution in [0.1, 0.15) is 61.0 Å². The predicted molar refractivity (Wildman–Crippen MR) is 152 cm³/mol. The van der Waals surface area contributed by atoms with Gasteiger partial charge >= 0.3 is 0 Å². The summed E-state index contributed by atoms with van der Waals surface area (Å²) in [7, 11) is 0. The molecule has 4 heterocycles. The Balaban J connectivity index is 0.000000149. The second kappa shape index (κ2) is 13.9. The average molecular weight is 598 g/mol. The first-order valence-electron chi connectivity index (χ1n) is 13.5. The van der Waals surface area contributed by atoms with E-state index in [1.54, 1.807) is 0 Å². The van der Waals surface area contributed by atoms with Gasteiger partial charge in [-0.3, -0.25) is 9.59 Å². The van der Waals surface area contributed by atoms with Crippen molar-refractivity contribution in [3.63, 3.8) is 0 Å².